The lowest BCUT2D eigenvalue weighted by Crippen LogP contribution is -2.35. The van der Waals surface area contributed by atoms with Gasteiger partial charge in [0.05, 0.1) is 0 Å². The summed E-state index contributed by atoms with van der Waals surface area (Å²) in [4.78, 5) is 22.1. The van der Waals surface area contributed by atoms with Crippen molar-refractivity contribution in [1.82, 2.24) is 0 Å². The normalized spacial score (nSPS) is 13.5. The van der Waals surface area contributed by atoms with Crippen molar-refractivity contribution in [3.05, 3.63) is 65.2 Å². The number of halogens is 3. The van der Waals surface area contributed by atoms with E-state index >= 15 is 0 Å². The molecule has 2 atom stereocenters. The maximum absolute atomic E-state index is 12.1. The summed E-state index contributed by atoms with van der Waals surface area (Å²) in [5, 5.41) is 0.294. The van der Waals surface area contributed by atoms with Gasteiger partial charge >= 0.3 is 15.6 Å². The van der Waals surface area contributed by atoms with Crippen LogP contribution < -0.4 is 4.18 Å². The van der Waals surface area contributed by atoms with Crippen LogP contribution in [0.2, 0.25) is 18.1 Å². The van der Waals surface area contributed by atoms with Crippen molar-refractivity contribution in [2.45, 2.75) is 97.8 Å². The predicted molar refractivity (Wildman–Crippen MR) is 169 cm³/mol. The summed E-state index contributed by atoms with van der Waals surface area (Å²) in [6, 6.07) is 13.7. The lowest BCUT2D eigenvalue weighted by atomic mass is 9.96. The second-order valence-electron chi connectivity index (χ2n) is 12.9. The van der Waals surface area contributed by atoms with Crippen molar-refractivity contribution in [2.24, 2.45) is 11.8 Å². The van der Waals surface area contributed by atoms with E-state index in [1.807, 2.05) is 6.92 Å². The minimum atomic E-state index is -5.65. The molecule has 0 heterocycles. The molecule has 0 aliphatic rings. The molecule has 5 nitrogen and oxygen atoms in total. The van der Waals surface area contributed by atoms with Crippen LogP contribution in [0.1, 0.15) is 78.0 Å². The second-order valence-corrected chi connectivity index (χ2v) is 19.4. The van der Waals surface area contributed by atoms with Crippen molar-refractivity contribution in [3.63, 3.8) is 0 Å². The van der Waals surface area contributed by atoms with Gasteiger partial charge in [0.2, 0.25) is 0 Å². The van der Waals surface area contributed by atoms with E-state index in [1.54, 1.807) is 6.92 Å². The highest BCUT2D eigenvalue weighted by Gasteiger charge is 2.48. The summed E-state index contributed by atoms with van der Waals surface area (Å²) in [7, 11) is -7.19. The summed E-state index contributed by atoms with van der Waals surface area (Å²) in [6.07, 6.45) is 2.58. The maximum Gasteiger partial charge on any atom is 0.534 e. The van der Waals surface area contributed by atoms with E-state index in [4.69, 9.17) is 0 Å². The van der Waals surface area contributed by atoms with Gasteiger partial charge in [0.1, 0.15) is 25.4 Å². The van der Waals surface area contributed by atoms with Crippen LogP contribution in [0.5, 0.6) is 5.75 Å². The Labute approximate surface area is 256 Å². The second kappa shape index (κ2) is 15.7. The van der Waals surface area contributed by atoms with Crippen LogP contribution in [0.15, 0.2) is 48.5 Å². The minimum Gasteiger partial charge on any atom is -0.376 e. The molecular weight excluding hydrogens is 594 g/mol. The van der Waals surface area contributed by atoms with Gasteiger partial charge in [0, 0.05) is 18.4 Å². The third-order valence-electron chi connectivity index (χ3n) is 7.20. The first-order valence-electron chi connectivity index (χ1n) is 14.2. The van der Waals surface area contributed by atoms with E-state index in [0.29, 0.717) is 30.2 Å². The van der Waals surface area contributed by atoms with Crippen LogP contribution in [0.3, 0.4) is 0 Å². The molecule has 2 aromatic carbocycles. The average molecular weight is 639 g/mol. The Morgan fingerprint density at radius 2 is 1.21 bits per heavy atom. The number of alkyl halides is 3. The number of benzene rings is 2. The Kier molecular flexibility index (Phi) is 13.9. The summed E-state index contributed by atoms with van der Waals surface area (Å²) in [5.74, 6) is 3.77. The molecule has 0 unspecified atom stereocenters. The van der Waals surface area contributed by atoms with Crippen LogP contribution in [0, 0.1) is 23.3 Å². The molecular formula is C33H45F3O5SSi. The van der Waals surface area contributed by atoms with Crippen LogP contribution in [0.25, 0.3) is 0 Å². The molecule has 0 amide bonds. The molecule has 0 radical (unpaired) electrons. The predicted octanol–water partition coefficient (Wildman–Crippen LogP) is 8.32. The summed E-state index contributed by atoms with van der Waals surface area (Å²) >= 11 is 0. The number of ketones is 2. The lowest BCUT2D eigenvalue weighted by molar-refractivity contribution is -0.118. The third-order valence-corrected chi connectivity index (χ3v) is 12.7. The first-order valence-corrected chi connectivity index (χ1v) is 18.6. The molecule has 0 fully saturated rings. The Hall–Kier alpha value is -2.90. The van der Waals surface area contributed by atoms with Crippen molar-refractivity contribution in [1.29, 1.82) is 0 Å². The first-order chi connectivity index (χ1) is 19.5. The Balaban J connectivity index is 0.000000430. The van der Waals surface area contributed by atoms with Crippen molar-refractivity contribution >= 4 is 29.8 Å². The number of rotatable bonds is 10. The van der Waals surface area contributed by atoms with Gasteiger partial charge in [-0.05, 0) is 79.0 Å². The zero-order valence-corrected chi connectivity index (χ0v) is 28.5. The van der Waals surface area contributed by atoms with Gasteiger partial charge in [-0.1, -0.05) is 77.9 Å². The fraction of sp³-hybridized carbons (Fsp3) is 0.515. The molecule has 2 rings (SSSR count). The molecule has 0 aromatic heterocycles. The molecule has 0 spiro atoms. The van der Waals surface area contributed by atoms with Gasteiger partial charge in [0.15, 0.2) is 0 Å². The first kappa shape index (κ1) is 38.1. The Morgan fingerprint density at radius 3 is 1.56 bits per heavy atom. The van der Waals surface area contributed by atoms with Crippen LogP contribution in [-0.2, 0) is 32.5 Å². The molecule has 238 valence electrons. The highest BCUT2D eigenvalue weighted by atomic mass is 32.2. The number of hydrogen-bond acceptors (Lipinski definition) is 5. The number of Topliss-reactive ketones (excluding diaryl/α,β-unsaturated/α-hetero) is 2. The number of carbonyl (C=O) groups is 2. The van der Waals surface area contributed by atoms with E-state index in [-0.39, 0.29) is 17.5 Å². The van der Waals surface area contributed by atoms with Gasteiger partial charge in [0.25, 0.3) is 0 Å². The lowest BCUT2D eigenvalue weighted by Gasteiger charge is -2.31. The zero-order valence-electron chi connectivity index (χ0n) is 26.7. The van der Waals surface area contributed by atoms with Gasteiger partial charge < -0.3 is 13.8 Å². The Morgan fingerprint density at radius 1 is 0.814 bits per heavy atom. The van der Waals surface area contributed by atoms with Gasteiger partial charge in [-0.2, -0.15) is 21.6 Å². The largest absolute Gasteiger partial charge is 0.534 e. The minimum absolute atomic E-state index is 0.0544. The fourth-order valence-corrected chi connectivity index (χ4v) is 5.22. The van der Waals surface area contributed by atoms with Crippen molar-refractivity contribution in [3.8, 4) is 17.2 Å². The van der Waals surface area contributed by atoms with E-state index in [0.717, 1.165) is 29.7 Å². The van der Waals surface area contributed by atoms with Gasteiger partial charge in [-0.3, -0.25) is 0 Å². The highest BCUT2D eigenvalue weighted by molar-refractivity contribution is 7.88. The molecule has 43 heavy (non-hydrogen) atoms. The van der Waals surface area contributed by atoms with Crippen LogP contribution >= 0.6 is 0 Å². The van der Waals surface area contributed by atoms with E-state index in [2.05, 4.69) is 80.7 Å². The van der Waals surface area contributed by atoms with Crippen LogP contribution in [-0.4, -0.2) is 33.6 Å². The number of carbonyl (C=O) groups excluding carboxylic acids is 2. The highest BCUT2D eigenvalue weighted by Crippen LogP contribution is 2.35. The molecule has 2 aromatic rings. The summed E-state index contributed by atoms with van der Waals surface area (Å²) in [6.45, 7) is 18.7. The quantitative estimate of drug-likeness (QED) is 0.113. The molecule has 0 saturated heterocycles. The fourth-order valence-electron chi connectivity index (χ4n) is 3.93. The summed E-state index contributed by atoms with van der Waals surface area (Å²) < 4.78 is 62.1. The molecule has 0 aliphatic carbocycles. The third kappa shape index (κ3) is 14.0. The smallest absolute Gasteiger partial charge is 0.376 e. The van der Waals surface area contributed by atoms with Gasteiger partial charge in [-0.15, -0.1) is 5.54 Å². The molecule has 10 heteroatoms. The topological polar surface area (TPSA) is 77.5 Å². The SMILES string of the molecule is CC(=O)C[C@@H](C)Cc1ccc(C#C[Si](C)(C)C(C)(C)C)cc1.CC(=O)C[C@@H](C)Cc1ccc(OS(=O)(=O)C(F)(F)F)cc1. The van der Waals surface area contributed by atoms with Crippen molar-refractivity contribution in [2.75, 3.05) is 0 Å². The summed E-state index contributed by atoms with van der Waals surface area (Å²) in [5.41, 5.74) is 1.24. The maximum atomic E-state index is 12.1. The average Bonchev–Trinajstić information content (AvgIpc) is 2.82. The van der Waals surface area contributed by atoms with Gasteiger partial charge in [-0.25, -0.2) is 0 Å². The Bertz CT molecular complexity index is 1380. The van der Waals surface area contributed by atoms with E-state index < -0.39 is 29.4 Å². The van der Waals surface area contributed by atoms with E-state index in [1.165, 1.54) is 24.6 Å². The molecule has 0 bridgehead atoms. The molecule has 0 N–H and O–H groups in total. The zero-order chi connectivity index (χ0) is 33.2. The molecule has 0 aliphatic heterocycles. The number of hydrogen-bond donors (Lipinski definition) is 0. The van der Waals surface area contributed by atoms with E-state index in [9.17, 15) is 31.2 Å². The van der Waals surface area contributed by atoms with Crippen molar-refractivity contribution < 1.29 is 35.4 Å². The standard InChI is InChI=1S/C20H30OSi.C13H15F3O4S/c1-16(14-17(2)21)15-19-10-8-18(9-11-19)12-13-22(6,7)20(3,4)5;1-9(7-10(2)17)8-11-3-5-12(6-4-11)20-21(18,19)13(14,15)16/h8-11,16H,14-15H2,1-7H3;3-6,9H,7-8H2,1-2H3/t16-;9-/m11/s1. The monoisotopic (exact) mass is 638 g/mol. The van der Waals surface area contributed by atoms with Crippen LogP contribution in [0.4, 0.5) is 13.2 Å². The molecule has 0 saturated carbocycles.